The van der Waals surface area contributed by atoms with E-state index in [4.69, 9.17) is 11.6 Å². The van der Waals surface area contributed by atoms with Crippen LogP contribution < -0.4 is 16.2 Å². The number of carbonyl (C=O) groups is 1. The lowest BCUT2D eigenvalue weighted by atomic mass is 10.2. The number of anilines is 2. The van der Waals surface area contributed by atoms with Gasteiger partial charge in [-0.3, -0.25) is 14.0 Å². The number of nitrogens with zero attached hydrogens (tertiary/aromatic N) is 2. The lowest BCUT2D eigenvalue weighted by Gasteiger charge is -2.13. The number of benzene rings is 1. The highest BCUT2D eigenvalue weighted by atomic mass is 35.5. The van der Waals surface area contributed by atoms with E-state index in [2.05, 4.69) is 15.6 Å². The van der Waals surface area contributed by atoms with Gasteiger partial charge in [0.05, 0.1) is 23.6 Å². The molecule has 3 rings (SSSR count). The van der Waals surface area contributed by atoms with Gasteiger partial charge < -0.3 is 10.6 Å². The quantitative estimate of drug-likeness (QED) is 0.764. The maximum atomic E-state index is 12.1. The summed E-state index contributed by atoms with van der Waals surface area (Å²) >= 11 is 6.02. The van der Waals surface area contributed by atoms with Crippen molar-refractivity contribution in [1.82, 2.24) is 9.38 Å². The number of fused-ring (bicyclic) bond motifs is 1. The van der Waals surface area contributed by atoms with Gasteiger partial charge in [0.25, 0.3) is 5.56 Å². The van der Waals surface area contributed by atoms with Crippen LogP contribution in [0.4, 0.5) is 11.4 Å². The zero-order valence-corrected chi connectivity index (χ0v) is 13.7. The van der Waals surface area contributed by atoms with E-state index in [1.54, 1.807) is 36.5 Å². The van der Waals surface area contributed by atoms with E-state index in [1.807, 2.05) is 6.07 Å². The molecule has 0 spiro atoms. The molecular weight excluding hydrogens is 328 g/mol. The number of nitrogens with one attached hydrogen (secondary N) is 2. The first kappa shape index (κ1) is 16.0. The van der Waals surface area contributed by atoms with Crippen molar-refractivity contribution in [1.29, 1.82) is 0 Å². The van der Waals surface area contributed by atoms with Gasteiger partial charge in [0.1, 0.15) is 5.65 Å². The number of rotatable bonds is 4. The van der Waals surface area contributed by atoms with E-state index in [0.717, 1.165) is 0 Å². The molecule has 0 aliphatic rings. The first-order valence-corrected chi connectivity index (χ1v) is 7.69. The summed E-state index contributed by atoms with van der Waals surface area (Å²) < 4.78 is 1.48. The van der Waals surface area contributed by atoms with Crippen LogP contribution in [0.1, 0.15) is 12.6 Å². The molecule has 24 heavy (non-hydrogen) atoms. The number of aromatic nitrogens is 2. The maximum Gasteiger partial charge on any atom is 0.258 e. The van der Waals surface area contributed by atoms with Crippen molar-refractivity contribution in [2.75, 3.05) is 10.6 Å². The molecule has 1 amide bonds. The summed E-state index contributed by atoms with van der Waals surface area (Å²) in [5.74, 6) is -0.178. The Morgan fingerprint density at radius 1 is 1.21 bits per heavy atom. The fourth-order valence-electron chi connectivity index (χ4n) is 2.34. The SMILES string of the molecule is CC(=O)Nc1ccc(Cl)cc1NCc1cc(=O)n2ccccc2n1. The van der Waals surface area contributed by atoms with Crippen molar-refractivity contribution in [3.8, 4) is 0 Å². The third-order valence-electron chi connectivity index (χ3n) is 3.38. The predicted octanol–water partition coefficient (Wildman–Crippen LogP) is 2.92. The van der Waals surface area contributed by atoms with Crippen molar-refractivity contribution in [2.24, 2.45) is 0 Å². The Morgan fingerprint density at radius 2 is 2.04 bits per heavy atom. The zero-order chi connectivity index (χ0) is 17.1. The average Bonchev–Trinajstić information content (AvgIpc) is 2.55. The molecule has 0 atom stereocenters. The highest BCUT2D eigenvalue weighted by Crippen LogP contribution is 2.26. The van der Waals surface area contributed by atoms with Crippen LogP contribution in [0, 0.1) is 0 Å². The zero-order valence-electron chi connectivity index (χ0n) is 12.9. The molecule has 7 heteroatoms. The van der Waals surface area contributed by atoms with Crippen LogP contribution in [0.2, 0.25) is 5.02 Å². The molecule has 0 unspecified atom stereocenters. The van der Waals surface area contributed by atoms with Gasteiger partial charge in [-0.2, -0.15) is 0 Å². The minimum absolute atomic E-state index is 0.148. The van der Waals surface area contributed by atoms with Crippen molar-refractivity contribution in [3.63, 3.8) is 0 Å². The van der Waals surface area contributed by atoms with Crippen LogP contribution in [0.15, 0.2) is 53.5 Å². The number of carbonyl (C=O) groups excluding carboxylic acids is 1. The van der Waals surface area contributed by atoms with Gasteiger partial charge >= 0.3 is 0 Å². The molecular formula is C17H15ClN4O2. The molecule has 2 N–H and O–H groups in total. The highest BCUT2D eigenvalue weighted by molar-refractivity contribution is 6.31. The first-order valence-electron chi connectivity index (χ1n) is 7.31. The Bertz CT molecular complexity index is 968. The first-order chi connectivity index (χ1) is 11.5. The largest absolute Gasteiger partial charge is 0.378 e. The van der Waals surface area contributed by atoms with Crippen LogP contribution >= 0.6 is 11.6 Å². The van der Waals surface area contributed by atoms with Gasteiger partial charge in [0.15, 0.2) is 0 Å². The summed E-state index contributed by atoms with van der Waals surface area (Å²) in [4.78, 5) is 27.8. The van der Waals surface area contributed by atoms with E-state index >= 15 is 0 Å². The summed E-state index contributed by atoms with van der Waals surface area (Å²) in [5.41, 5.74) is 2.30. The van der Waals surface area contributed by atoms with Crippen LogP contribution in [-0.2, 0) is 11.3 Å². The number of hydrogen-bond donors (Lipinski definition) is 2. The van der Waals surface area contributed by atoms with Gasteiger partial charge in [0.2, 0.25) is 5.91 Å². The lowest BCUT2D eigenvalue weighted by molar-refractivity contribution is -0.114. The van der Waals surface area contributed by atoms with Gasteiger partial charge in [0, 0.05) is 24.2 Å². The molecule has 1 aromatic carbocycles. The van der Waals surface area contributed by atoms with Crippen molar-refractivity contribution in [3.05, 3.63) is 69.7 Å². The highest BCUT2D eigenvalue weighted by Gasteiger charge is 2.07. The van der Waals surface area contributed by atoms with E-state index in [1.165, 1.54) is 17.4 Å². The summed E-state index contributed by atoms with van der Waals surface area (Å²) in [6.07, 6.45) is 1.67. The molecule has 0 aliphatic heterocycles. The third-order valence-corrected chi connectivity index (χ3v) is 3.61. The molecule has 2 aromatic heterocycles. The van der Waals surface area contributed by atoms with Crippen molar-refractivity contribution in [2.45, 2.75) is 13.5 Å². The Balaban J connectivity index is 1.87. The second-order valence-electron chi connectivity index (χ2n) is 5.24. The van der Waals surface area contributed by atoms with Crippen LogP contribution in [-0.4, -0.2) is 15.3 Å². The topological polar surface area (TPSA) is 75.5 Å². The number of pyridine rings is 1. The van der Waals surface area contributed by atoms with Gasteiger partial charge in [-0.25, -0.2) is 4.98 Å². The summed E-state index contributed by atoms with van der Waals surface area (Å²) in [6.45, 7) is 1.76. The normalized spacial score (nSPS) is 10.6. The minimum atomic E-state index is -0.178. The Hall–Kier alpha value is -2.86. The van der Waals surface area contributed by atoms with Gasteiger partial charge in [-0.1, -0.05) is 17.7 Å². The van der Waals surface area contributed by atoms with Crippen molar-refractivity contribution >= 4 is 34.5 Å². The van der Waals surface area contributed by atoms with Crippen molar-refractivity contribution < 1.29 is 4.79 Å². The smallest absolute Gasteiger partial charge is 0.258 e. The lowest BCUT2D eigenvalue weighted by Crippen LogP contribution is -2.17. The Kier molecular flexibility index (Phi) is 4.48. The Morgan fingerprint density at radius 3 is 2.83 bits per heavy atom. The standard InChI is InChI=1S/C17H15ClN4O2/c1-11(23)20-14-6-5-12(18)8-15(14)19-10-13-9-17(24)22-7-3-2-4-16(22)21-13/h2-9,19H,10H2,1H3,(H,20,23). The second-order valence-corrected chi connectivity index (χ2v) is 5.68. The fourth-order valence-corrected chi connectivity index (χ4v) is 2.51. The molecule has 0 saturated heterocycles. The average molecular weight is 343 g/mol. The molecule has 0 aliphatic carbocycles. The molecule has 0 saturated carbocycles. The van der Waals surface area contributed by atoms with E-state index in [-0.39, 0.29) is 11.5 Å². The minimum Gasteiger partial charge on any atom is -0.378 e. The summed E-state index contributed by atoms with van der Waals surface area (Å²) in [7, 11) is 0. The molecule has 0 radical (unpaired) electrons. The molecule has 122 valence electrons. The molecule has 6 nitrogen and oxygen atoms in total. The third kappa shape index (κ3) is 3.55. The monoisotopic (exact) mass is 342 g/mol. The van der Waals surface area contributed by atoms with E-state index in [9.17, 15) is 9.59 Å². The number of hydrogen-bond acceptors (Lipinski definition) is 4. The molecule has 0 fully saturated rings. The van der Waals surface area contributed by atoms with Crippen LogP contribution in [0.25, 0.3) is 5.65 Å². The molecule has 0 bridgehead atoms. The van der Waals surface area contributed by atoms with E-state index < -0.39 is 0 Å². The molecule has 2 heterocycles. The maximum absolute atomic E-state index is 12.1. The number of amides is 1. The van der Waals surface area contributed by atoms with Gasteiger partial charge in [-0.05, 0) is 30.3 Å². The fraction of sp³-hybridized carbons (Fsp3) is 0.118. The second kappa shape index (κ2) is 6.72. The predicted molar refractivity (Wildman–Crippen MR) is 94.5 cm³/mol. The molecule has 3 aromatic rings. The van der Waals surface area contributed by atoms with E-state index in [0.29, 0.717) is 34.3 Å². The van der Waals surface area contributed by atoms with Gasteiger partial charge in [-0.15, -0.1) is 0 Å². The summed E-state index contributed by atoms with van der Waals surface area (Å²) in [6, 6.07) is 12.0. The van der Waals surface area contributed by atoms with Crippen LogP contribution in [0.5, 0.6) is 0 Å². The number of halogens is 1. The van der Waals surface area contributed by atoms with Crippen LogP contribution in [0.3, 0.4) is 0 Å². The Labute approximate surface area is 143 Å². The summed E-state index contributed by atoms with van der Waals surface area (Å²) in [5, 5.41) is 6.43.